The highest BCUT2D eigenvalue weighted by atomic mass is 32.1. The third-order valence-corrected chi connectivity index (χ3v) is 2.67. The van der Waals surface area contributed by atoms with E-state index in [2.05, 4.69) is 10.2 Å². The quantitative estimate of drug-likeness (QED) is 0.464. The molecule has 0 unspecified atom stereocenters. The van der Waals surface area contributed by atoms with Gasteiger partial charge in [0.25, 0.3) is 11.0 Å². The fourth-order valence-corrected chi connectivity index (χ4v) is 1.81. The molecule has 1 heterocycles. The number of nitrogens with zero attached hydrogens (tertiary/aromatic N) is 1. The predicted molar refractivity (Wildman–Crippen MR) is 54.3 cm³/mol. The van der Waals surface area contributed by atoms with Crippen LogP contribution in [0, 0.1) is 17.0 Å². The summed E-state index contributed by atoms with van der Waals surface area (Å²) in [5, 5.41) is 13.3. The van der Waals surface area contributed by atoms with Crippen LogP contribution in [0.3, 0.4) is 0 Å². The molecule has 0 aromatic carbocycles. The lowest BCUT2D eigenvalue weighted by atomic mass is 10.3. The van der Waals surface area contributed by atoms with E-state index >= 15 is 0 Å². The first-order valence-electron chi connectivity index (χ1n) is 4.21. The van der Waals surface area contributed by atoms with Gasteiger partial charge in [-0.3, -0.25) is 4.79 Å². The largest absolute Gasteiger partial charge is 0.349 e. The van der Waals surface area contributed by atoms with Gasteiger partial charge in [0.05, 0.1) is 4.88 Å². The molecule has 0 bridgehead atoms. The van der Waals surface area contributed by atoms with Crippen LogP contribution < -0.4 is 5.32 Å². The normalized spacial score (nSPS) is 9.67. The van der Waals surface area contributed by atoms with E-state index in [0.717, 1.165) is 5.56 Å². The average Bonchev–Trinajstić information content (AvgIpc) is 2.58. The number of hydrogen-bond donors (Lipinski definition) is 1. The van der Waals surface area contributed by atoms with E-state index in [1.54, 1.807) is 0 Å². The van der Waals surface area contributed by atoms with Crippen molar-refractivity contribution in [3.8, 4) is 0 Å². The number of hydrogen-bond acceptors (Lipinski definition) is 5. The topological polar surface area (TPSA) is 81.5 Å². The molecule has 82 valence electrons. The standard InChI is InChI=1S/C8H10N2O4S/c1-6-2-5-15-7(6)8(11)9-3-4-14-10(12)13/h2,5H,3-4H2,1H3,(H,9,11). The summed E-state index contributed by atoms with van der Waals surface area (Å²) < 4.78 is 0. The minimum Gasteiger partial charge on any atom is -0.349 e. The second-order valence-electron chi connectivity index (χ2n) is 2.75. The third kappa shape index (κ3) is 3.55. The zero-order valence-corrected chi connectivity index (χ0v) is 8.87. The smallest absolute Gasteiger partial charge is 0.294 e. The Labute approximate surface area is 90.0 Å². The first kappa shape index (κ1) is 11.4. The van der Waals surface area contributed by atoms with Crippen LogP contribution in [-0.4, -0.2) is 24.1 Å². The number of amides is 1. The summed E-state index contributed by atoms with van der Waals surface area (Å²) in [6.45, 7) is 1.82. The van der Waals surface area contributed by atoms with Crippen molar-refractivity contribution in [2.75, 3.05) is 13.2 Å². The number of rotatable bonds is 5. The minimum atomic E-state index is -0.886. The van der Waals surface area contributed by atoms with Gasteiger partial charge in [-0.15, -0.1) is 21.5 Å². The fraction of sp³-hybridized carbons (Fsp3) is 0.375. The van der Waals surface area contributed by atoms with E-state index in [4.69, 9.17) is 0 Å². The van der Waals surface area contributed by atoms with Gasteiger partial charge in [0.2, 0.25) is 0 Å². The Hall–Kier alpha value is -1.63. The molecule has 1 aromatic heterocycles. The summed E-state index contributed by atoms with van der Waals surface area (Å²) in [5.41, 5.74) is 0.896. The number of carbonyl (C=O) groups is 1. The van der Waals surface area contributed by atoms with Gasteiger partial charge in [-0.05, 0) is 23.9 Å². The molecule has 0 spiro atoms. The Morgan fingerprint density at radius 1 is 1.73 bits per heavy atom. The summed E-state index contributed by atoms with van der Waals surface area (Å²) in [6, 6.07) is 1.84. The van der Waals surface area contributed by atoms with Crippen LogP contribution in [0.5, 0.6) is 0 Å². The molecule has 0 radical (unpaired) electrons. The molecule has 0 fully saturated rings. The van der Waals surface area contributed by atoms with E-state index in [9.17, 15) is 14.9 Å². The second-order valence-corrected chi connectivity index (χ2v) is 3.66. The Morgan fingerprint density at radius 2 is 2.47 bits per heavy atom. The third-order valence-electron chi connectivity index (χ3n) is 1.65. The Bertz CT molecular complexity index is 363. The second kappa shape index (κ2) is 5.30. The number of aryl methyl sites for hydroxylation is 1. The lowest BCUT2D eigenvalue weighted by Gasteiger charge is -2.02. The molecule has 0 aliphatic rings. The summed E-state index contributed by atoms with van der Waals surface area (Å²) in [6.07, 6.45) is 0. The van der Waals surface area contributed by atoms with Gasteiger partial charge in [-0.25, -0.2) is 0 Å². The monoisotopic (exact) mass is 230 g/mol. The van der Waals surface area contributed by atoms with Crippen LogP contribution in [0.1, 0.15) is 15.2 Å². The van der Waals surface area contributed by atoms with Crippen LogP contribution in [-0.2, 0) is 4.84 Å². The van der Waals surface area contributed by atoms with Crippen LogP contribution >= 0.6 is 11.3 Å². The van der Waals surface area contributed by atoms with Crippen LogP contribution in [0.4, 0.5) is 0 Å². The van der Waals surface area contributed by atoms with Crippen molar-refractivity contribution in [3.05, 3.63) is 32.0 Å². The van der Waals surface area contributed by atoms with Gasteiger partial charge in [-0.1, -0.05) is 0 Å². The molecule has 1 aromatic rings. The molecule has 0 atom stereocenters. The van der Waals surface area contributed by atoms with Gasteiger partial charge < -0.3 is 10.2 Å². The molecular weight excluding hydrogens is 220 g/mol. The van der Waals surface area contributed by atoms with Crippen molar-refractivity contribution in [1.82, 2.24) is 5.32 Å². The molecule has 6 nitrogen and oxygen atoms in total. The number of nitrogens with one attached hydrogen (secondary N) is 1. The van der Waals surface area contributed by atoms with Crippen molar-refractivity contribution in [2.45, 2.75) is 6.92 Å². The average molecular weight is 230 g/mol. The van der Waals surface area contributed by atoms with Crippen molar-refractivity contribution in [1.29, 1.82) is 0 Å². The Balaban J connectivity index is 2.31. The maximum absolute atomic E-state index is 11.4. The maximum atomic E-state index is 11.4. The highest BCUT2D eigenvalue weighted by Crippen LogP contribution is 2.14. The molecule has 1 amide bonds. The van der Waals surface area contributed by atoms with Crippen LogP contribution in [0.15, 0.2) is 11.4 Å². The number of thiophene rings is 1. The van der Waals surface area contributed by atoms with Gasteiger partial charge in [0, 0.05) is 6.54 Å². The summed E-state index contributed by atoms with van der Waals surface area (Å²) in [4.78, 5) is 25.9. The first-order chi connectivity index (χ1) is 7.11. The molecular formula is C8H10N2O4S. The molecule has 7 heteroatoms. The maximum Gasteiger partial charge on any atom is 0.294 e. The van der Waals surface area contributed by atoms with Gasteiger partial charge in [0.1, 0.15) is 6.61 Å². The van der Waals surface area contributed by atoms with Crippen molar-refractivity contribution in [2.24, 2.45) is 0 Å². The molecule has 0 aliphatic carbocycles. The zero-order chi connectivity index (χ0) is 11.3. The lowest BCUT2D eigenvalue weighted by molar-refractivity contribution is -0.757. The van der Waals surface area contributed by atoms with Crippen molar-refractivity contribution in [3.63, 3.8) is 0 Å². The van der Waals surface area contributed by atoms with E-state index in [1.165, 1.54) is 11.3 Å². The molecule has 0 saturated carbocycles. The van der Waals surface area contributed by atoms with E-state index in [1.807, 2.05) is 18.4 Å². The summed E-state index contributed by atoms with van der Waals surface area (Å²) >= 11 is 1.34. The highest BCUT2D eigenvalue weighted by molar-refractivity contribution is 7.12. The Morgan fingerprint density at radius 3 is 3.00 bits per heavy atom. The van der Waals surface area contributed by atoms with Crippen LogP contribution in [0.25, 0.3) is 0 Å². The molecule has 0 saturated heterocycles. The summed E-state index contributed by atoms with van der Waals surface area (Å²) in [7, 11) is 0. The van der Waals surface area contributed by atoms with E-state index in [0.29, 0.717) is 4.88 Å². The number of carbonyl (C=O) groups excluding carboxylic acids is 1. The molecule has 1 N–H and O–H groups in total. The van der Waals surface area contributed by atoms with Crippen molar-refractivity contribution >= 4 is 17.2 Å². The van der Waals surface area contributed by atoms with E-state index in [-0.39, 0.29) is 19.1 Å². The predicted octanol–water partition coefficient (Wildman–Crippen LogP) is 0.995. The minimum absolute atomic E-state index is 0.122. The van der Waals surface area contributed by atoms with Crippen LogP contribution in [0.2, 0.25) is 0 Å². The van der Waals surface area contributed by atoms with Crippen molar-refractivity contribution < 1.29 is 14.7 Å². The van der Waals surface area contributed by atoms with Gasteiger partial charge in [0.15, 0.2) is 0 Å². The molecule has 0 aliphatic heterocycles. The van der Waals surface area contributed by atoms with E-state index < -0.39 is 5.09 Å². The van der Waals surface area contributed by atoms with Gasteiger partial charge in [-0.2, -0.15) is 0 Å². The summed E-state index contributed by atoms with van der Waals surface area (Å²) in [5.74, 6) is -0.227. The lowest BCUT2D eigenvalue weighted by Crippen LogP contribution is -2.27. The molecule has 1 rings (SSSR count). The Kier molecular flexibility index (Phi) is 4.04. The zero-order valence-electron chi connectivity index (χ0n) is 8.06. The highest BCUT2D eigenvalue weighted by Gasteiger charge is 2.09. The fourth-order valence-electron chi connectivity index (χ4n) is 0.970. The first-order valence-corrected chi connectivity index (χ1v) is 5.09. The molecule has 15 heavy (non-hydrogen) atoms. The SMILES string of the molecule is Cc1ccsc1C(=O)NCCO[N+](=O)[O-]. The van der Waals surface area contributed by atoms with Gasteiger partial charge >= 0.3 is 0 Å².